The van der Waals surface area contributed by atoms with Crippen LogP contribution >= 0.6 is 0 Å². The number of nitrogens with zero attached hydrogens (tertiary/aromatic N) is 1. The van der Waals surface area contributed by atoms with Crippen molar-refractivity contribution in [3.8, 4) is 0 Å². The maximum absolute atomic E-state index is 13.6. The monoisotopic (exact) mass is 606 g/mol. The lowest BCUT2D eigenvalue weighted by Crippen LogP contribution is -2.59. The van der Waals surface area contributed by atoms with E-state index < -0.39 is 47.9 Å². The summed E-state index contributed by atoms with van der Waals surface area (Å²) in [6.45, 7) is 3.72. The minimum Gasteiger partial charge on any atom is -0.480 e. The molecule has 0 saturated heterocycles. The molecule has 1 heterocycles. The third-order valence-electron chi connectivity index (χ3n) is 7.17. The van der Waals surface area contributed by atoms with Crippen LogP contribution in [0.3, 0.4) is 0 Å². The Morgan fingerprint density at radius 2 is 1.52 bits per heavy atom. The molecule has 2 aromatic carbocycles. The van der Waals surface area contributed by atoms with Crippen LogP contribution in [0, 0.1) is 5.92 Å². The molecule has 0 fully saturated rings. The summed E-state index contributed by atoms with van der Waals surface area (Å²) in [6.07, 6.45) is 2.46. The highest BCUT2D eigenvalue weighted by Crippen LogP contribution is 2.19. The van der Waals surface area contributed by atoms with E-state index in [0.29, 0.717) is 6.42 Å². The van der Waals surface area contributed by atoms with Crippen molar-refractivity contribution in [3.05, 3.63) is 71.9 Å². The number of aromatic amines is 1. The van der Waals surface area contributed by atoms with E-state index >= 15 is 0 Å². The van der Waals surface area contributed by atoms with Gasteiger partial charge in [-0.2, -0.15) is 0 Å². The fraction of sp³-hybridized carbons (Fsp3) is 0.387. The number of H-pyrrole nitrogens is 1. The molecule has 236 valence electrons. The predicted molar refractivity (Wildman–Crippen MR) is 168 cm³/mol. The minimum atomic E-state index is -1.24. The zero-order valence-electron chi connectivity index (χ0n) is 25.0. The summed E-state index contributed by atoms with van der Waals surface area (Å²) in [7, 11) is 0. The van der Waals surface area contributed by atoms with Gasteiger partial charge in [0.2, 0.25) is 17.7 Å². The standard InChI is InChI=1S/C31H42N8O5/c1-18(2)26(39-27(40)22(32)15-19-9-4-3-5-10-19)29(42)38-25(16-20-17-36-23-12-7-6-11-21(20)23)28(41)37-24(30(43)44)13-8-14-35-31(33)34/h3-7,9-12,17-18,22,24-26,36H,8,13-16,32H2,1-2H3,(H,37,41)(H,38,42)(H,39,40)(H,43,44)(H4,33,34,35). The van der Waals surface area contributed by atoms with Crippen molar-refractivity contribution in [2.24, 2.45) is 28.1 Å². The molecule has 11 N–H and O–H groups in total. The summed E-state index contributed by atoms with van der Waals surface area (Å²) >= 11 is 0. The first-order valence-electron chi connectivity index (χ1n) is 14.5. The number of hydrogen-bond acceptors (Lipinski definition) is 6. The Morgan fingerprint density at radius 1 is 0.864 bits per heavy atom. The van der Waals surface area contributed by atoms with Crippen LogP contribution in [-0.2, 0) is 32.0 Å². The first kappa shape index (κ1) is 33.6. The molecule has 3 rings (SSSR count). The van der Waals surface area contributed by atoms with E-state index in [1.807, 2.05) is 54.6 Å². The molecule has 1 aromatic heterocycles. The number of fused-ring (bicyclic) bond motifs is 1. The SMILES string of the molecule is CC(C)C(NC(=O)C(N)Cc1ccccc1)C(=O)NC(Cc1c[nH]c2ccccc12)C(=O)NC(CCCN=C(N)N)C(=O)O. The van der Waals surface area contributed by atoms with Gasteiger partial charge in [0.05, 0.1) is 6.04 Å². The molecule has 0 saturated carbocycles. The van der Waals surface area contributed by atoms with Crippen LogP contribution in [0.4, 0.5) is 0 Å². The Balaban J connectivity index is 1.78. The number of para-hydroxylation sites is 1. The predicted octanol–water partition coefficient (Wildman–Crippen LogP) is 0.529. The summed E-state index contributed by atoms with van der Waals surface area (Å²) in [6, 6.07) is 12.5. The van der Waals surface area contributed by atoms with Gasteiger partial charge in [0.25, 0.3) is 0 Å². The van der Waals surface area contributed by atoms with Crippen molar-refractivity contribution in [3.63, 3.8) is 0 Å². The molecule has 0 aliphatic rings. The molecular weight excluding hydrogens is 564 g/mol. The number of guanidine groups is 1. The number of carboxylic acid groups (broad SMARTS) is 1. The Labute approximate surface area is 256 Å². The summed E-state index contributed by atoms with van der Waals surface area (Å²) in [5.41, 5.74) is 19.3. The normalized spacial score (nSPS) is 13.8. The average molecular weight is 607 g/mol. The van der Waals surface area contributed by atoms with Gasteiger partial charge in [-0.25, -0.2) is 4.79 Å². The van der Waals surface area contributed by atoms with Gasteiger partial charge in [0.15, 0.2) is 5.96 Å². The molecule has 3 aromatic rings. The van der Waals surface area contributed by atoms with Gasteiger partial charge in [0.1, 0.15) is 18.1 Å². The number of aromatic nitrogens is 1. The van der Waals surface area contributed by atoms with E-state index in [-0.39, 0.29) is 37.7 Å². The van der Waals surface area contributed by atoms with E-state index in [4.69, 9.17) is 17.2 Å². The molecular formula is C31H42N8O5. The summed E-state index contributed by atoms with van der Waals surface area (Å²) in [5.74, 6) is -3.49. The second kappa shape index (κ2) is 16.1. The van der Waals surface area contributed by atoms with Crippen LogP contribution in [0.15, 0.2) is 65.8 Å². The molecule has 0 aliphatic carbocycles. The number of aliphatic carboxylic acids is 1. The number of rotatable bonds is 16. The van der Waals surface area contributed by atoms with Gasteiger partial charge in [-0.1, -0.05) is 62.4 Å². The molecule has 0 aliphatic heterocycles. The number of carbonyl (C=O) groups is 4. The van der Waals surface area contributed by atoms with Crippen LogP contribution in [0.25, 0.3) is 10.9 Å². The van der Waals surface area contributed by atoms with Crippen molar-refractivity contribution in [1.82, 2.24) is 20.9 Å². The third-order valence-corrected chi connectivity index (χ3v) is 7.17. The molecule has 13 heteroatoms. The highest BCUT2D eigenvalue weighted by molar-refractivity contribution is 5.95. The van der Waals surface area contributed by atoms with E-state index in [1.165, 1.54) is 0 Å². The number of carboxylic acids is 1. The number of amides is 3. The maximum atomic E-state index is 13.6. The molecule has 4 atom stereocenters. The lowest BCUT2D eigenvalue weighted by molar-refractivity contribution is -0.142. The van der Waals surface area contributed by atoms with Gasteiger partial charge >= 0.3 is 5.97 Å². The van der Waals surface area contributed by atoms with Gasteiger partial charge in [-0.15, -0.1) is 0 Å². The Bertz CT molecular complexity index is 1450. The fourth-order valence-corrected chi connectivity index (χ4v) is 4.78. The molecule has 4 unspecified atom stereocenters. The van der Waals surface area contributed by atoms with Crippen LogP contribution in [0.2, 0.25) is 0 Å². The zero-order chi connectivity index (χ0) is 32.2. The zero-order valence-corrected chi connectivity index (χ0v) is 25.0. The van der Waals surface area contributed by atoms with Crippen LogP contribution < -0.4 is 33.2 Å². The molecule has 0 radical (unpaired) electrons. The quantitative estimate of drug-likeness (QED) is 0.0649. The number of carbonyl (C=O) groups excluding carboxylic acids is 3. The lowest BCUT2D eigenvalue weighted by Gasteiger charge is -2.27. The van der Waals surface area contributed by atoms with Crippen LogP contribution in [0.1, 0.15) is 37.8 Å². The van der Waals surface area contributed by atoms with Gasteiger partial charge in [-0.3, -0.25) is 19.4 Å². The maximum Gasteiger partial charge on any atom is 0.326 e. The number of aliphatic imine (C=N–C) groups is 1. The number of benzene rings is 2. The molecule has 0 bridgehead atoms. The smallest absolute Gasteiger partial charge is 0.326 e. The second-order valence-electron chi connectivity index (χ2n) is 11.0. The minimum absolute atomic E-state index is 0.0637. The summed E-state index contributed by atoms with van der Waals surface area (Å²) < 4.78 is 0. The first-order valence-corrected chi connectivity index (χ1v) is 14.5. The highest BCUT2D eigenvalue weighted by Gasteiger charge is 2.32. The Morgan fingerprint density at radius 3 is 2.18 bits per heavy atom. The second-order valence-corrected chi connectivity index (χ2v) is 11.0. The number of hydrogen-bond donors (Lipinski definition) is 8. The van der Waals surface area contributed by atoms with Crippen LogP contribution in [0.5, 0.6) is 0 Å². The van der Waals surface area contributed by atoms with Gasteiger partial charge in [-0.05, 0) is 42.4 Å². The van der Waals surface area contributed by atoms with E-state index in [1.54, 1.807) is 20.0 Å². The van der Waals surface area contributed by atoms with Crippen molar-refractivity contribution < 1.29 is 24.3 Å². The number of nitrogens with two attached hydrogens (primary N) is 3. The van der Waals surface area contributed by atoms with E-state index in [0.717, 1.165) is 22.0 Å². The van der Waals surface area contributed by atoms with Crippen molar-refractivity contribution in [2.75, 3.05) is 6.54 Å². The Kier molecular flexibility index (Phi) is 12.3. The fourth-order valence-electron chi connectivity index (χ4n) is 4.78. The topological polar surface area (TPSA) is 231 Å². The summed E-state index contributed by atoms with van der Waals surface area (Å²) in [4.78, 5) is 59.1. The number of nitrogens with one attached hydrogen (secondary N) is 4. The lowest BCUT2D eigenvalue weighted by atomic mass is 9.99. The molecule has 3 amide bonds. The molecule has 0 spiro atoms. The summed E-state index contributed by atoms with van der Waals surface area (Å²) in [5, 5.41) is 18.6. The molecule has 13 nitrogen and oxygen atoms in total. The van der Waals surface area contributed by atoms with E-state index in [9.17, 15) is 24.3 Å². The average Bonchev–Trinajstić information content (AvgIpc) is 3.39. The van der Waals surface area contributed by atoms with Gasteiger partial charge < -0.3 is 43.2 Å². The highest BCUT2D eigenvalue weighted by atomic mass is 16.4. The molecule has 44 heavy (non-hydrogen) atoms. The third kappa shape index (κ3) is 9.83. The Hall–Kier alpha value is -4.91. The van der Waals surface area contributed by atoms with Gasteiger partial charge in [0, 0.05) is 30.1 Å². The van der Waals surface area contributed by atoms with E-state index in [2.05, 4.69) is 25.9 Å². The van der Waals surface area contributed by atoms with Crippen molar-refractivity contribution in [1.29, 1.82) is 0 Å². The largest absolute Gasteiger partial charge is 0.480 e. The van der Waals surface area contributed by atoms with Crippen LogP contribution in [-0.4, -0.2) is 70.5 Å². The first-order chi connectivity index (χ1) is 21.0. The van der Waals surface area contributed by atoms with Crippen molar-refractivity contribution in [2.45, 2.75) is 63.7 Å². The van der Waals surface area contributed by atoms with Crippen molar-refractivity contribution >= 4 is 40.6 Å².